The van der Waals surface area contributed by atoms with Crippen LogP contribution in [-0.4, -0.2) is 70.5 Å². The third-order valence-electron chi connectivity index (χ3n) is 6.40. The van der Waals surface area contributed by atoms with Crippen LogP contribution >= 0.6 is 35.6 Å². The van der Waals surface area contributed by atoms with Crippen molar-refractivity contribution in [1.29, 1.82) is 0 Å². The highest BCUT2D eigenvalue weighted by Crippen LogP contribution is 2.58. The molecular weight excluding hydrogens is 524 g/mol. The molecule has 36 heavy (non-hydrogen) atoms. The van der Waals surface area contributed by atoms with Crippen molar-refractivity contribution in [1.82, 2.24) is 29.9 Å². The van der Waals surface area contributed by atoms with Crippen LogP contribution in [0.5, 0.6) is 0 Å². The van der Waals surface area contributed by atoms with E-state index in [1.165, 1.54) is 23.1 Å². The zero-order valence-corrected chi connectivity index (χ0v) is 21.7. The lowest BCUT2D eigenvalue weighted by Gasteiger charge is -2.59. The van der Waals surface area contributed by atoms with E-state index in [9.17, 15) is 10.2 Å². The Kier molecular flexibility index (Phi) is 6.62. The molecule has 4 aromatic rings. The standard InChI is InChI=1S/C23H23ClN6O4S2/c1-14-12-36-18(27-14)16-11-30(29-28-16)22(15-6-5-8-25-10-15)19(32)21(24,13-31)34-20(35)23(22,33-2)17-7-3-4-9-26-17/h3-12,19-20,31-32,35H,13H2,1-2H3/t19-,20+,21?,22-,23?/m1/s1. The summed E-state index contributed by atoms with van der Waals surface area (Å²) in [5, 5.41) is 31.7. The first-order chi connectivity index (χ1) is 17.3. The van der Waals surface area contributed by atoms with E-state index in [1.54, 1.807) is 55.1 Å². The molecule has 1 saturated heterocycles. The van der Waals surface area contributed by atoms with E-state index >= 15 is 0 Å². The number of methoxy groups -OCH3 is 1. The van der Waals surface area contributed by atoms with Crippen LogP contribution in [0.3, 0.4) is 0 Å². The van der Waals surface area contributed by atoms with Crippen LogP contribution in [0, 0.1) is 6.92 Å². The van der Waals surface area contributed by atoms with Gasteiger partial charge in [0.15, 0.2) is 16.2 Å². The molecule has 188 valence electrons. The van der Waals surface area contributed by atoms with Gasteiger partial charge in [0.1, 0.15) is 22.2 Å². The smallest absolute Gasteiger partial charge is 0.194 e. The van der Waals surface area contributed by atoms with Crippen LogP contribution in [0.1, 0.15) is 17.0 Å². The zero-order chi connectivity index (χ0) is 25.6. The Labute approximate surface area is 221 Å². The summed E-state index contributed by atoms with van der Waals surface area (Å²) in [5.74, 6) is 0. The summed E-state index contributed by atoms with van der Waals surface area (Å²) < 4.78 is 13.7. The molecule has 0 amide bonds. The van der Waals surface area contributed by atoms with Crippen molar-refractivity contribution in [3.63, 3.8) is 0 Å². The minimum Gasteiger partial charge on any atom is -0.392 e. The number of nitrogens with zero attached hydrogens (tertiary/aromatic N) is 6. The van der Waals surface area contributed by atoms with E-state index in [2.05, 4.69) is 25.3 Å². The fraction of sp³-hybridized carbons (Fsp3) is 0.348. The first kappa shape index (κ1) is 25.2. The van der Waals surface area contributed by atoms with Gasteiger partial charge in [0, 0.05) is 42.3 Å². The number of aliphatic hydroxyl groups is 2. The van der Waals surface area contributed by atoms with Crippen LogP contribution in [0.4, 0.5) is 0 Å². The Morgan fingerprint density at radius 2 is 2.11 bits per heavy atom. The van der Waals surface area contributed by atoms with E-state index in [0.717, 1.165) is 5.69 Å². The number of hydrogen-bond acceptors (Lipinski definition) is 11. The van der Waals surface area contributed by atoms with Crippen molar-refractivity contribution >= 4 is 35.6 Å². The van der Waals surface area contributed by atoms with E-state index in [-0.39, 0.29) is 0 Å². The SMILES string of the molecule is COC1(c2ccccn2)[C@H](S)OC(Cl)(CO)[C@@H](O)[C@@]1(c1cccnc1)n1cc(-c2nc(C)cs2)nn1. The monoisotopic (exact) mass is 546 g/mol. The maximum atomic E-state index is 12.1. The molecule has 13 heteroatoms. The van der Waals surface area contributed by atoms with Crippen LogP contribution in [0.25, 0.3) is 10.7 Å². The number of aliphatic hydroxyl groups excluding tert-OH is 2. The molecule has 10 nitrogen and oxygen atoms in total. The average molecular weight is 547 g/mol. The Bertz CT molecular complexity index is 1340. The number of halogens is 1. The van der Waals surface area contributed by atoms with Crippen molar-refractivity contribution in [3.05, 3.63) is 77.5 Å². The summed E-state index contributed by atoms with van der Waals surface area (Å²) in [6.45, 7) is 1.15. The molecule has 0 radical (unpaired) electrons. The number of aromatic nitrogens is 6. The highest BCUT2D eigenvalue weighted by molar-refractivity contribution is 7.80. The van der Waals surface area contributed by atoms with E-state index < -0.39 is 34.3 Å². The van der Waals surface area contributed by atoms with Gasteiger partial charge >= 0.3 is 0 Å². The molecule has 0 aromatic carbocycles. The number of rotatable bonds is 6. The van der Waals surface area contributed by atoms with Gasteiger partial charge in [-0.2, -0.15) is 0 Å². The molecule has 0 bridgehead atoms. The van der Waals surface area contributed by atoms with Gasteiger partial charge in [-0.05, 0) is 25.1 Å². The summed E-state index contributed by atoms with van der Waals surface area (Å²) in [5.41, 5.74) is -2.32. The van der Waals surface area contributed by atoms with E-state index in [0.29, 0.717) is 22.0 Å². The lowest BCUT2D eigenvalue weighted by Crippen LogP contribution is -2.75. The Morgan fingerprint density at radius 1 is 1.28 bits per heavy atom. The fourth-order valence-corrected chi connectivity index (χ4v) is 6.50. The molecule has 4 aromatic heterocycles. The van der Waals surface area contributed by atoms with Gasteiger partial charge in [-0.1, -0.05) is 28.9 Å². The summed E-state index contributed by atoms with van der Waals surface area (Å²) in [6, 6.07) is 8.73. The molecule has 1 fully saturated rings. The quantitative estimate of drug-likeness (QED) is 0.246. The van der Waals surface area contributed by atoms with Gasteiger partial charge in [0.25, 0.3) is 0 Å². The van der Waals surface area contributed by atoms with Gasteiger partial charge in [0.05, 0.1) is 18.5 Å². The minimum atomic E-state index is -1.98. The van der Waals surface area contributed by atoms with Gasteiger partial charge in [-0.15, -0.1) is 29.1 Å². The third kappa shape index (κ3) is 3.51. The van der Waals surface area contributed by atoms with Crippen LogP contribution in [0.15, 0.2) is 60.5 Å². The Balaban J connectivity index is 1.89. The van der Waals surface area contributed by atoms with Crippen molar-refractivity contribution in [3.8, 4) is 10.7 Å². The highest BCUT2D eigenvalue weighted by atomic mass is 35.5. The second-order valence-corrected chi connectivity index (χ2v) is 10.3. The normalized spacial score (nSPS) is 30.4. The van der Waals surface area contributed by atoms with Crippen LogP contribution in [-0.2, 0) is 20.6 Å². The molecule has 0 spiro atoms. The predicted octanol–water partition coefficient (Wildman–Crippen LogP) is 2.36. The number of thiol groups is 1. The molecule has 5 atom stereocenters. The number of pyridine rings is 2. The van der Waals surface area contributed by atoms with Crippen LogP contribution in [0.2, 0.25) is 0 Å². The summed E-state index contributed by atoms with van der Waals surface area (Å²) in [4.78, 5) is 13.4. The van der Waals surface area contributed by atoms with Gasteiger partial charge in [-0.3, -0.25) is 9.97 Å². The lowest BCUT2D eigenvalue weighted by atomic mass is 9.66. The molecule has 1 aliphatic heterocycles. The molecule has 2 N–H and O–H groups in total. The first-order valence-electron chi connectivity index (χ1n) is 10.9. The molecular formula is C23H23ClN6O4S2. The largest absolute Gasteiger partial charge is 0.392 e. The van der Waals surface area contributed by atoms with E-state index in [1.807, 2.05) is 12.3 Å². The highest BCUT2D eigenvalue weighted by Gasteiger charge is 2.73. The topological polar surface area (TPSA) is 128 Å². The number of ether oxygens (including phenoxy) is 2. The summed E-state index contributed by atoms with van der Waals surface area (Å²) >= 11 is 12.9. The van der Waals surface area contributed by atoms with Gasteiger partial charge < -0.3 is 19.7 Å². The van der Waals surface area contributed by atoms with Crippen molar-refractivity contribution in [2.24, 2.45) is 0 Å². The Morgan fingerprint density at radius 3 is 2.72 bits per heavy atom. The van der Waals surface area contributed by atoms with Crippen molar-refractivity contribution < 1.29 is 19.7 Å². The van der Waals surface area contributed by atoms with Crippen LogP contribution < -0.4 is 0 Å². The Hall–Kier alpha value is -2.45. The maximum absolute atomic E-state index is 12.1. The predicted molar refractivity (Wildman–Crippen MR) is 136 cm³/mol. The second-order valence-electron chi connectivity index (χ2n) is 8.32. The summed E-state index contributed by atoms with van der Waals surface area (Å²) in [7, 11) is 1.46. The average Bonchev–Trinajstić information content (AvgIpc) is 3.57. The minimum absolute atomic E-state index is 0.384. The molecule has 0 saturated carbocycles. The maximum Gasteiger partial charge on any atom is 0.194 e. The summed E-state index contributed by atoms with van der Waals surface area (Å²) in [6.07, 6.45) is 4.75. The third-order valence-corrected chi connectivity index (χ3v) is 8.27. The molecule has 2 unspecified atom stereocenters. The second kappa shape index (κ2) is 9.45. The number of aryl methyl sites for hydroxylation is 1. The molecule has 5 heterocycles. The fourth-order valence-electron chi connectivity index (χ4n) is 4.82. The lowest BCUT2D eigenvalue weighted by molar-refractivity contribution is -0.284. The molecule has 0 aliphatic carbocycles. The first-order valence-corrected chi connectivity index (χ1v) is 12.7. The molecule has 1 aliphatic rings. The number of hydrogen-bond donors (Lipinski definition) is 3. The van der Waals surface area contributed by atoms with Crippen molar-refractivity contribution in [2.75, 3.05) is 13.7 Å². The van der Waals surface area contributed by atoms with Gasteiger partial charge in [-0.25, -0.2) is 9.67 Å². The van der Waals surface area contributed by atoms with Crippen molar-refractivity contribution in [2.45, 2.75) is 34.7 Å². The number of thiazole rings is 1. The zero-order valence-electron chi connectivity index (χ0n) is 19.3. The van der Waals surface area contributed by atoms with Gasteiger partial charge in [0.2, 0.25) is 0 Å². The molecule has 5 rings (SSSR count). The van der Waals surface area contributed by atoms with E-state index in [4.69, 9.17) is 33.7 Å². The number of alkyl halides is 1.